The van der Waals surface area contributed by atoms with Crippen LogP contribution in [0.3, 0.4) is 0 Å². The molecule has 0 spiro atoms. The van der Waals surface area contributed by atoms with Crippen LogP contribution >= 0.6 is 0 Å². The lowest BCUT2D eigenvalue weighted by atomic mass is 10.0. The molecule has 1 heterocycles. The summed E-state index contributed by atoms with van der Waals surface area (Å²) in [5, 5.41) is 8.74. The Kier molecular flexibility index (Phi) is 2.49. The molecule has 0 bridgehead atoms. The molecule has 1 aromatic heterocycles. The van der Waals surface area contributed by atoms with Gasteiger partial charge >= 0.3 is 5.97 Å². The van der Waals surface area contributed by atoms with Crippen LogP contribution in [0.4, 0.5) is 0 Å². The number of carbonyl (C=O) groups is 1. The average molecular weight is 203 g/mol. The zero-order valence-corrected chi connectivity index (χ0v) is 7.88. The standard InChI is InChI=1S/C11H9NO3/c13-10(14)7-8-3-1-2-4-9(8)11-12-5-6-15-11/h1-6H,7H2,(H,13,14). The summed E-state index contributed by atoms with van der Waals surface area (Å²) < 4.78 is 5.14. The molecule has 0 aliphatic carbocycles. The van der Waals surface area contributed by atoms with Crippen molar-refractivity contribution in [2.75, 3.05) is 0 Å². The van der Waals surface area contributed by atoms with E-state index >= 15 is 0 Å². The van der Waals surface area contributed by atoms with Crippen LogP contribution in [0.1, 0.15) is 5.56 Å². The zero-order chi connectivity index (χ0) is 10.7. The molecule has 15 heavy (non-hydrogen) atoms. The fourth-order valence-corrected chi connectivity index (χ4v) is 1.40. The van der Waals surface area contributed by atoms with Crippen molar-refractivity contribution in [2.24, 2.45) is 0 Å². The normalized spacial score (nSPS) is 10.1. The van der Waals surface area contributed by atoms with Gasteiger partial charge in [-0.1, -0.05) is 18.2 Å². The molecule has 0 fully saturated rings. The van der Waals surface area contributed by atoms with Gasteiger partial charge in [0.15, 0.2) is 0 Å². The van der Waals surface area contributed by atoms with Crippen molar-refractivity contribution >= 4 is 5.97 Å². The van der Waals surface area contributed by atoms with Crippen molar-refractivity contribution in [3.05, 3.63) is 42.3 Å². The minimum atomic E-state index is -0.867. The number of aromatic nitrogens is 1. The molecule has 0 unspecified atom stereocenters. The maximum Gasteiger partial charge on any atom is 0.307 e. The third kappa shape index (κ3) is 2.04. The van der Waals surface area contributed by atoms with E-state index in [0.717, 1.165) is 5.56 Å². The summed E-state index contributed by atoms with van der Waals surface area (Å²) in [5.41, 5.74) is 1.43. The molecular formula is C11H9NO3. The van der Waals surface area contributed by atoms with E-state index < -0.39 is 5.97 Å². The Morgan fingerprint density at radius 1 is 1.40 bits per heavy atom. The van der Waals surface area contributed by atoms with Crippen LogP contribution in [0, 0.1) is 0 Å². The first-order valence-corrected chi connectivity index (χ1v) is 4.47. The maximum absolute atomic E-state index is 10.6. The van der Waals surface area contributed by atoms with Crippen LogP contribution in [0.25, 0.3) is 11.5 Å². The van der Waals surface area contributed by atoms with Gasteiger partial charge in [-0.25, -0.2) is 4.98 Å². The highest BCUT2D eigenvalue weighted by molar-refractivity contribution is 5.74. The quantitative estimate of drug-likeness (QED) is 0.828. The maximum atomic E-state index is 10.6. The Morgan fingerprint density at radius 2 is 2.20 bits per heavy atom. The molecule has 0 saturated heterocycles. The number of carboxylic acid groups (broad SMARTS) is 1. The molecule has 1 aromatic carbocycles. The molecule has 0 atom stereocenters. The Morgan fingerprint density at radius 3 is 2.87 bits per heavy atom. The topological polar surface area (TPSA) is 63.3 Å². The summed E-state index contributed by atoms with van der Waals surface area (Å²) in [6.07, 6.45) is 2.97. The molecule has 4 heteroatoms. The van der Waals surface area contributed by atoms with Gasteiger partial charge in [-0.3, -0.25) is 4.79 Å². The monoisotopic (exact) mass is 203 g/mol. The number of carboxylic acids is 1. The van der Waals surface area contributed by atoms with E-state index in [9.17, 15) is 4.79 Å². The second kappa shape index (κ2) is 3.96. The van der Waals surface area contributed by atoms with Gasteiger partial charge in [-0.15, -0.1) is 0 Å². The van der Waals surface area contributed by atoms with Gasteiger partial charge in [0.05, 0.1) is 12.6 Å². The molecule has 2 aromatic rings. The van der Waals surface area contributed by atoms with Crippen LogP contribution in [0.2, 0.25) is 0 Å². The summed E-state index contributed by atoms with van der Waals surface area (Å²) in [5.74, 6) is -0.416. The summed E-state index contributed by atoms with van der Waals surface area (Å²) in [6.45, 7) is 0. The minimum absolute atomic E-state index is 0.0292. The highest BCUT2D eigenvalue weighted by Crippen LogP contribution is 2.21. The Labute approximate surface area is 86.2 Å². The zero-order valence-electron chi connectivity index (χ0n) is 7.88. The smallest absolute Gasteiger partial charge is 0.307 e. The van der Waals surface area contributed by atoms with Gasteiger partial charge in [0.2, 0.25) is 5.89 Å². The van der Waals surface area contributed by atoms with Gasteiger partial charge in [-0.05, 0) is 11.6 Å². The number of hydrogen-bond donors (Lipinski definition) is 1. The van der Waals surface area contributed by atoms with Crippen LogP contribution in [-0.2, 0) is 11.2 Å². The number of hydrogen-bond acceptors (Lipinski definition) is 3. The van der Waals surface area contributed by atoms with Crippen LogP contribution < -0.4 is 0 Å². The summed E-state index contributed by atoms with van der Waals surface area (Å²) in [7, 11) is 0. The first-order valence-electron chi connectivity index (χ1n) is 4.47. The first-order chi connectivity index (χ1) is 7.27. The van der Waals surface area contributed by atoms with E-state index in [4.69, 9.17) is 9.52 Å². The molecule has 2 rings (SSSR count). The number of oxazole rings is 1. The summed E-state index contributed by atoms with van der Waals surface area (Å²) >= 11 is 0. The second-order valence-electron chi connectivity index (χ2n) is 3.06. The van der Waals surface area contributed by atoms with Gasteiger partial charge in [-0.2, -0.15) is 0 Å². The lowest BCUT2D eigenvalue weighted by Gasteiger charge is -2.02. The molecule has 76 valence electrons. The van der Waals surface area contributed by atoms with Crippen molar-refractivity contribution in [3.63, 3.8) is 0 Å². The third-order valence-corrected chi connectivity index (χ3v) is 2.02. The predicted octanol–water partition coefficient (Wildman–Crippen LogP) is 1.97. The SMILES string of the molecule is O=C(O)Cc1ccccc1-c1ncco1. The third-order valence-electron chi connectivity index (χ3n) is 2.02. The summed E-state index contributed by atoms with van der Waals surface area (Å²) in [4.78, 5) is 14.6. The number of benzene rings is 1. The largest absolute Gasteiger partial charge is 0.481 e. The first kappa shape index (κ1) is 9.45. The van der Waals surface area contributed by atoms with Crippen molar-refractivity contribution < 1.29 is 14.3 Å². The second-order valence-corrected chi connectivity index (χ2v) is 3.06. The lowest BCUT2D eigenvalue weighted by Crippen LogP contribution is -2.01. The van der Waals surface area contributed by atoms with Gasteiger partial charge in [0.1, 0.15) is 6.26 Å². The predicted molar refractivity (Wildman–Crippen MR) is 53.3 cm³/mol. The number of rotatable bonds is 3. The van der Waals surface area contributed by atoms with Crippen molar-refractivity contribution in [3.8, 4) is 11.5 Å². The highest BCUT2D eigenvalue weighted by atomic mass is 16.4. The molecule has 0 saturated carbocycles. The summed E-state index contributed by atoms with van der Waals surface area (Å²) in [6, 6.07) is 7.17. The fraction of sp³-hybridized carbons (Fsp3) is 0.0909. The molecule has 0 amide bonds. The molecule has 4 nitrogen and oxygen atoms in total. The minimum Gasteiger partial charge on any atom is -0.481 e. The van der Waals surface area contributed by atoms with E-state index in [1.54, 1.807) is 18.2 Å². The van der Waals surface area contributed by atoms with Gasteiger partial charge < -0.3 is 9.52 Å². The van der Waals surface area contributed by atoms with Crippen LogP contribution in [0.5, 0.6) is 0 Å². The Hall–Kier alpha value is -2.10. The number of aliphatic carboxylic acids is 1. The average Bonchev–Trinajstić information content (AvgIpc) is 2.70. The van der Waals surface area contributed by atoms with E-state index in [-0.39, 0.29) is 6.42 Å². The van der Waals surface area contributed by atoms with E-state index in [1.165, 1.54) is 12.5 Å². The highest BCUT2D eigenvalue weighted by Gasteiger charge is 2.10. The fourth-order valence-electron chi connectivity index (χ4n) is 1.40. The van der Waals surface area contributed by atoms with Crippen molar-refractivity contribution in [1.82, 2.24) is 4.98 Å². The van der Waals surface area contributed by atoms with Crippen LogP contribution in [-0.4, -0.2) is 16.1 Å². The molecular weight excluding hydrogens is 194 g/mol. The van der Waals surface area contributed by atoms with Crippen LogP contribution in [0.15, 0.2) is 41.1 Å². The van der Waals surface area contributed by atoms with Gasteiger partial charge in [0.25, 0.3) is 0 Å². The Bertz CT molecular complexity index is 462. The van der Waals surface area contributed by atoms with Crippen molar-refractivity contribution in [2.45, 2.75) is 6.42 Å². The Balaban J connectivity index is 2.42. The lowest BCUT2D eigenvalue weighted by molar-refractivity contribution is -0.136. The van der Waals surface area contributed by atoms with E-state index in [2.05, 4.69) is 4.98 Å². The molecule has 1 N–H and O–H groups in total. The van der Waals surface area contributed by atoms with E-state index in [0.29, 0.717) is 11.5 Å². The number of nitrogens with zero attached hydrogens (tertiary/aromatic N) is 1. The van der Waals surface area contributed by atoms with Gasteiger partial charge in [0, 0.05) is 5.56 Å². The van der Waals surface area contributed by atoms with E-state index in [1.807, 2.05) is 6.07 Å². The molecule has 0 aliphatic heterocycles. The van der Waals surface area contributed by atoms with Crippen molar-refractivity contribution in [1.29, 1.82) is 0 Å². The molecule has 0 radical (unpaired) electrons. The molecule has 0 aliphatic rings.